The molecule has 4 nitrogen and oxygen atoms in total. The van der Waals surface area contributed by atoms with E-state index in [1.54, 1.807) is 0 Å². The van der Waals surface area contributed by atoms with Crippen molar-refractivity contribution in [2.75, 3.05) is 26.2 Å². The Morgan fingerprint density at radius 1 is 1.04 bits per heavy atom. The maximum Gasteiger partial charge on any atom is 0.137 e. The largest absolute Gasteiger partial charge is 0.314 e. The van der Waals surface area contributed by atoms with Gasteiger partial charge in [-0.3, -0.25) is 4.90 Å². The molecule has 1 fully saturated rings. The number of nitrogens with zero attached hydrogens (tertiary/aromatic N) is 3. The van der Waals surface area contributed by atoms with Crippen molar-refractivity contribution in [3.63, 3.8) is 0 Å². The van der Waals surface area contributed by atoms with Crippen LogP contribution in [0.2, 0.25) is 0 Å². The van der Waals surface area contributed by atoms with E-state index in [0.29, 0.717) is 0 Å². The number of fused-ring (bicyclic) bond motifs is 1. The monoisotopic (exact) mass is 334 g/mol. The molecule has 0 bridgehead atoms. The number of hydrogen-bond donors (Lipinski definition) is 1. The number of rotatable bonds is 4. The van der Waals surface area contributed by atoms with Crippen LogP contribution in [0, 0.1) is 6.92 Å². The molecule has 0 atom stereocenters. The number of imidazole rings is 1. The molecule has 0 aliphatic carbocycles. The fourth-order valence-electron chi connectivity index (χ4n) is 3.56. The minimum Gasteiger partial charge on any atom is -0.314 e. The summed E-state index contributed by atoms with van der Waals surface area (Å²) in [5, 5.41) is 3.44. The Morgan fingerprint density at radius 3 is 2.52 bits per heavy atom. The van der Waals surface area contributed by atoms with Crippen LogP contribution in [0.15, 0.2) is 42.6 Å². The Kier molecular flexibility index (Phi) is 4.55. The minimum atomic E-state index is 0.942. The van der Waals surface area contributed by atoms with Crippen molar-refractivity contribution < 1.29 is 0 Å². The van der Waals surface area contributed by atoms with Crippen LogP contribution in [0.4, 0.5) is 0 Å². The molecular formula is C21H26N4. The quantitative estimate of drug-likeness (QED) is 0.795. The highest BCUT2D eigenvalue weighted by Gasteiger charge is 2.18. The zero-order valence-corrected chi connectivity index (χ0v) is 15.1. The van der Waals surface area contributed by atoms with Crippen LogP contribution in [0.3, 0.4) is 0 Å². The van der Waals surface area contributed by atoms with E-state index in [-0.39, 0.29) is 0 Å². The number of pyridine rings is 1. The van der Waals surface area contributed by atoms with E-state index in [4.69, 9.17) is 4.98 Å². The van der Waals surface area contributed by atoms with E-state index in [1.807, 2.05) is 0 Å². The lowest BCUT2D eigenvalue weighted by Gasteiger charge is -2.27. The van der Waals surface area contributed by atoms with E-state index < -0.39 is 0 Å². The van der Waals surface area contributed by atoms with Crippen molar-refractivity contribution in [2.24, 2.45) is 0 Å². The first-order valence-electron chi connectivity index (χ1n) is 9.24. The molecule has 1 aliphatic rings. The summed E-state index contributed by atoms with van der Waals surface area (Å²) in [4.78, 5) is 7.49. The standard InChI is InChI=1S/C21H26N4/c1-3-17-5-7-18(8-6-17)21-19(15-24-12-10-22-11-13-24)25-14-16(2)4-9-20(25)23-21/h4-9,14,22H,3,10-13,15H2,1-2H3. The van der Waals surface area contributed by atoms with Crippen LogP contribution in [-0.4, -0.2) is 40.5 Å². The van der Waals surface area contributed by atoms with Gasteiger partial charge < -0.3 is 9.72 Å². The molecule has 2 aromatic heterocycles. The first kappa shape index (κ1) is 16.3. The zero-order chi connectivity index (χ0) is 17.2. The van der Waals surface area contributed by atoms with Crippen LogP contribution in [-0.2, 0) is 13.0 Å². The summed E-state index contributed by atoms with van der Waals surface area (Å²) in [6.45, 7) is 9.59. The molecular weight excluding hydrogens is 308 g/mol. The molecule has 25 heavy (non-hydrogen) atoms. The van der Waals surface area contributed by atoms with Crippen LogP contribution in [0.5, 0.6) is 0 Å². The van der Waals surface area contributed by atoms with Gasteiger partial charge in [0.05, 0.1) is 11.4 Å². The number of aryl methyl sites for hydroxylation is 2. The molecule has 3 heterocycles. The highest BCUT2D eigenvalue weighted by molar-refractivity contribution is 5.67. The molecule has 4 heteroatoms. The predicted molar refractivity (Wildman–Crippen MR) is 103 cm³/mol. The predicted octanol–water partition coefficient (Wildman–Crippen LogP) is 3.28. The third kappa shape index (κ3) is 3.32. The van der Waals surface area contributed by atoms with Gasteiger partial charge in [0.25, 0.3) is 0 Å². The molecule has 1 aromatic carbocycles. The summed E-state index contributed by atoms with van der Waals surface area (Å²) in [5.74, 6) is 0. The smallest absolute Gasteiger partial charge is 0.137 e. The fraction of sp³-hybridized carbons (Fsp3) is 0.381. The van der Waals surface area contributed by atoms with Crippen molar-refractivity contribution >= 4 is 5.65 Å². The fourth-order valence-corrected chi connectivity index (χ4v) is 3.56. The number of hydrogen-bond acceptors (Lipinski definition) is 3. The first-order valence-corrected chi connectivity index (χ1v) is 9.24. The van der Waals surface area contributed by atoms with Crippen molar-refractivity contribution in [1.29, 1.82) is 0 Å². The van der Waals surface area contributed by atoms with Gasteiger partial charge in [-0.05, 0) is 30.5 Å². The summed E-state index contributed by atoms with van der Waals surface area (Å²) in [5.41, 5.74) is 7.29. The number of aromatic nitrogens is 2. The summed E-state index contributed by atoms with van der Waals surface area (Å²) in [6, 6.07) is 13.1. The Labute approximate surface area is 149 Å². The third-order valence-electron chi connectivity index (χ3n) is 5.08. The molecule has 130 valence electrons. The maximum atomic E-state index is 4.97. The minimum absolute atomic E-state index is 0.942. The molecule has 1 saturated heterocycles. The van der Waals surface area contributed by atoms with Crippen LogP contribution in [0.25, 0.3) is 16.9 Å². The van der Waals surface area contributed by atoms with E-state index in [0.717, 1.165) is 50.5 Å². The lowest BCUT2D eigenvalue weighted by Crippen LogP contribution is -2.43. The Balaban J connectivity index is 1.79. The second-order valence-corrected chi connectivity index (χ2v) is 6.92. The van der Waals surface area contributed by atoms with Crippen molar-refractivity contribution in [3.8, 4) is 11.3 Å². The normalized spacial score (nSPS) is 15.8. The number of benzene rings is 1. The zero-order valence-electron chi connectivity index (χ0n) is 15.1. The van der Waals surface area contributed by atoms with Gasteiger partial charge in [0.2, 0.25) is 0 Å². The van der Waals surface area contributed by atoms with Crippen LogP contribution in [0.1, 0.15) is 23.7 Å². The second kappa shape index (κ2) is 6.98. The van der Waals surface area contributed by atoms with Gasteiger partial charge in [0.15, 0.2) is 0 Å². The van der Waals surface area contributed by atoms with Gasteiger partial charge in [-0.1, -0.05) is 37.3 Å². The SMILES string of the molecule is CCc1ccc(-c2nc3ccc(C)cn3c2CN2CCNCC2)cc1. The van der Waals surface area contributed by atoms with Gasteiger partial charge in [-0.15, -0.1) is 0 Å². The summed E-state index contributed by atoms with van der Waals surface area (Å²) >= 11 is 0. The van der Waals surface area contributed by atoms with Crippen LogP contribution < -0.4 is 5.32 Å². The molecule has 0 saturated carbocycles. The second-order valence-electron chi connectivity index (χ2n) is 6.92. The summed E-state index contributed by atoms with van der Waals surface area (Å²) in [6.07, 6.45) is 3.28. The van der Waals surface area contributed by atoms with E-state index in [1.165, 1.54) is 22.4 Å². The van der Waals surface area contributed by atoms with E-state index >= 15 is 0 Å². The number of nitrogens with one attached hydrogen (secondary N) is 1. The topological polar surface area (TPSA) is 32.6 Å². The molecule has 3 aromatic rings. The van der Waals surface area contributed by atoms with Gasteiger partial charge in [-0.2, -0.15) is 0 Å². The first-order chi connectivity index (χ1) is 12.2. The molecule has 4 rings (SSSR count). The Hall–Kier alpha value is -2.17. The Morgan fingerprint density at radius 2 is 1.80 bits per heavy atom. The molecule has 1 N–H and O–H groups in total. The number of piperazine rings is 1. The van der Waals surface area contributed by atoms with Crippen molar-refractivity contribution in [2.45, 2.75) is 26.8 Å². The van der Waals surface area contributed by atoms with E-state index in [9.17, 15) is 0 Å². The molecule has 0 amide bonds. The van der Waals surface area contributed by atoms with Gasteiger partial charge in [-0.25, -0.2) is 4.98 Å². The lowest BCUT2D eigenvalue weighted by atomic mass is 10.1. The highest BCUT2D eigenvalue weighted by Crippen LogP contribution is 2.26. The van der Waals surface area contributed by atoms with Crippen LogP contribution >= 0.6 is 0 Å². The van der Waals surface area contributed by atoms with E-state index in [2.05, 4.69) is 71.1 Å². The average molecular weight is 334 g/mol. The Bertz CT molecular complexity index is 857. The van der Waals surface area contributed by atoms with Gasteiger partial charge in [0, 0.05) is 44.5 Å². The van der Waals surface area contributed by atoms with Crippen molar-refractivity contribution in [3.05, 3.63) is 59.4 Å². The molecule has 0 unspecified atom stereocenters. The summed E-state index contributed by atoms with van der Waals surface area (Å²) in [7, 11) is 0. The van der Waals surface area contributed by atoms with Crippen molar-refractivity contribution in [1.82, 2.24) is 19.6 Å². The summed E-state index contributed by atoms with van der Waals surface area (Å²) < 4.78 is 2.28. The van der Waals surface area contributed by atoms with Gasteiger partial charge >= 0.3 is 0 Å². The highest BCUT2D eigenvalue weighted by atomic mass is 15.2. The lowest BCUT2D eigenvalue weighted by molar-refractivity contribution is 0.230. The average Bonchev–Trinajstić information content (AvgIpc) is 3.00. The third-order valence-corrected chi connectivity index (χ3v) is 5.08. The molecule has 0 spiro atoms. The maximum absolute atomic E-state index is 4.97. The molecule has 1 aliphatic heterocycles. The molecule has 0 radical (unpaired) electrons. The van der Waals surface area contributed by atoms with Gasteiger partial charge in [0.1, 0.15) is 5.65 Å².